The average molecular weight is 208 g/mol. The van der Waals surface area contributed by atoms with Crippen molar-refractivity contribution in [1.82, 2.24) is 0 Å². The van der Waals surface area contributed by atoms with Crippen molar-refractivity contribution >= 4 is 0 Å². The van der Waals surface area contributed by atoms with Gasteiger partial charge in [-0.05, 0) is 25.3 Å². The van der Waals surface area contributed by atoms with Crippen molar-refractivity contribution in [3.63, 3.8) is 0 Å². The third-order valence-corrected chi connectivity index (χ3v) is 2.14. The average Bonchev–Trinajstić information content (AvgIpc) is 2.28. The minimum absolute atomic E-state index is 0.0892. The van der Waals surface area contributed by atoms with Gasteiger partial charge in [-0.25, -0.2) is 0 Å². The Morgan fingerprint density at radius 3 is 2.40 bits per heavy atom. The van der Waals surface area contributed by atoms with Crippen LogP contribution in [0, 0.1) is 0 Å². The van der Waals surface area contributed by atoms with Crippen LogP contribution in [0.5, 0.6) is 0 Å². The second kappa shape index (κ2) is 7.43. The first-order chi connectivity index (χ1) is 7.33. The lowest BCUT2D eigenvalue weighted by Crippen LogP contribution is -2.15. The molecule has 0 spiro atoms. The summed E-state index contributed by atoms with van der Waals surface area (Å²) in [6.07, 6.45) is 1.89. The number of ether oxygens (including phenoxy) is 2. The minimum Gasteiger partial charge on any atom is -0.353 e. The van der Waals surface area contributed by atoms with E-state index >= 15 is 0 Å². The molecular formula is C13H20O2. The predicted octanol–water partition coefficient (Wildman–Crippen LogP) is 3.02. The molecule has 15 heavy (non-hydrogen) atoms. The van der Waals surface area contributed by atoms with Crippen LogP contribution >= 0.6 is 0 Å². The second-order valence-electron chi connectivity index (χ2n) is 3.54. The van der Waals surface area contributed by atoms with Crippen molar-refractivity contribution in [1.29, 1.82) is 0 Å². The molecule has 0 amide bonds. The van der Waals surface area contributed by atoms with E-state index in [2.05, 4.69) is 19.1 Å². The molecular weight excluding hydrogens is 188 g/mol. The molecule has 84 valence electrons. The van der Waals surface area contributed by atoms with Gasteiger partial charge in [-0.3, -0.25) is 0 Å². The van der Waals surface area contributed by atoms with Crippen molar-refractivity contribution in [2.75, 3.05) is 13.2 Å². The van der Waals surface area contributed by atoms with Gasteiger partial charge < -0.3 is 9.47 Å². The maximum absolute atomic E-state index is 5.53. The molecule has 0 heterocycles. The Morgan fingerprint density at radius 2 is 1.73 bits per heavy atom. The Bertz CT molecular complexity index is 246. The number of rotatable bonds is 7. The molecule has 0 N–H and O–H groups in total. The fourth-order valence-corrected chi connectivity index (χ4v) is 1.32. The molecule has 0 fully saturated rings. The molecule has 0 aliphatic heterocycles. The summed E-state index contributed by atoms with van der Waals surface area (Å²) < 4.78 is 10.9. The highest BCUT2D eigenvalue weighted by atomic mass is 16.7. The second-order valence-corrected chi connectivity index (χ2v) is 3.54. The quantitative estimate of drug-likeness (QED) is 0.641. The number of benzene rings is 1. The fraction of sp³-hybridized carbons (Fsp3) is 0.538. The molecule has 0 bridgehead atoms. The van der Waals surface area contributed by atoms with Crippen LogP contribution in [0.25, 0.3) is 0 Å². The van der Waals surface area contributed by atoms with Crippen molar-refractivity contribution in [3.8, 4) is 0 Å². The summed E-state index contributed by atoms with van der Waals surface area (Å²) in [6.45, 7) is 5.53. The SMILES string of the molecule is CCCO[C@H](C)OCCc1ccccc1. The Kier molecular flexibility index (Phi) is 6.05. The van der Waals surface area contributed by atoms with Gasteiger partial charge in [-0.15, -0.1) is 0 Å². The van der Waals surface area contributed by atoms with Crippen molar-refractivity contribution < 1.29 is 9.47 Å². The maximum Gasteiger partial charge on any atom is 0.154 e. The van der Waals surface area contributed by atoms with Gasteiger partial charge in [-0.2, -0.15) is 0 Å². The topological polar surface area (TPSA) is 18.5 Å². The van der Waals surface area contributed by atoms with Crippen molar-refractivity contribution in [3.05, 3.63) is 35.9 Å². The van der Waals surface area contributed by atoms with E-state index in [-0.39, 0.29) is 6.29 Å². The van der Waals surface area contributed by atoms with E-state index < -0.39 is 0 Å². The summed E-state index contributed by atoms with van der Waals surface area (Å²) in [7, 11) is 0. The molecule has 0 aromatic heterocycles. The molecule has 1 rings (SSSR count). The fourth-order valence-electron chi connectivity index (χ4n) is 1.32. The Balaban J connectivity index is 2.11. The minimum atomic E-state index is -0.0892. The van der Waals surface area contributed by atoms with Gasteiger partial charge in [0.1, 0.15) is 0 Å². The van der Waals surface area contributed by atoms with Gasteiger partial charge in [0.2, 0.25) is 0 Å². The van der Waals surface area contributed by atoms with Crippen LogP contribution < -0.4 is 0 Å². The van der Waals surface area contributed by atoms with Gasteiger partial charge in [0.05, 0.1) is 6.61 Å². The summed E-state index contributed by atoms with van der Waals surface area (Å²) in [4.78, 5) is 0. The molecule has 0 aliphatic rings. The van der Waals surface area contributed by atoms with Gasteiger partial charge in [0.15, 0.2) is 6.29 Å². The third kappa shape index (κ3) is 5.55. The Hall–Kier alpha value is -0.860. The molecule has 0 saturated heterocycles. The predicted molar refractivity (Wildman–Crippen MR) is 61.8 cm³/mol. The van der Waals surface area contributed by atoms with Crippen molar-refractivity contribution in [2.24, 2.45) is 0 Å². The lowest BCUT2D eigenvalue weighted by molar-refractivity contribution is -0.129. The number of hydrogen-bond acceptors (Lipinski definition) is 2. The summed E-state index contributed by atoms with van der Waals surface area (Å²) in [6, 6.07) is 10.3. The molecule has 2 nitrogen and oxygen atoms in total. The van der Waals surface area contributed by atoms with Gasteiger partial charge in [0.25, 0.3) is 0 Å². The van der Waals surface area contributed by atoms with Crippen LogP contribution in [-0.2, 0) is 15.9 Å². The molecule has 1 atom stereocenters. The van der Waals surface area contributed by atoms with Crippen LogP contribution in [-0.4, -0.2) is 19.5 Å². The van der Waals surface area contributed by atoms with E-state index in [9.17, 15) is 0 Å². The van der Waals surface area contributed by atoms with E-state index in [0.29, 0.717) is 0 Å². The summed E-state index contributed by atoms with van der Waals surface area (Å²) in [5, 5.41) is 0. The number of hydrogen-bond donors (Lipinski definition) is 0. The lowest BCUT2D eigenvalue weighted by Gasteiger charge is -2.13. The lowest BCUT2D eigenvalue weighted by atomic mass is 10.2. The normalized spacial score (nSPS) is 12.7. The van der Waals surface area contributed by atoms with E-state index in [4.69, 9.17) is 9.47 Å². The zero-order chi connectivity index (χ0) is 10.9. The smallest absolute Gasteiger partial charge is 0.154 e. The summed E-state index contributed by atoms with van der Waals surface area (Å²) in [5.74, 6) is 0. The maximum atomic E-state index is 5.53. The molecule has 0 unspecified atom stereocenters. The standard InChI is InChI=1S/C13H20O2/c1-3-10-14-12(2)15-11-9-13-7-5-4-6-8-13/h4-8,12H,3,9-11H2,1-2H3/t12-/m0/s1. The highest BCUT2D eigenvalue weighted by Gasteiger charge is 2.00. The van der Waals surface area contributed by atoms with E-state index in [1.807, 2.05) is 25.1 Å². The van der Waals surface area contributed by atoms with E-state index in [1.54, 1.807) is 0 Å². The zero-order valence-corrected chi connectivity index (χ0v) is 9.61. The molecule has 0 saturated carbocycles. The van der Waals surface area contributed by atoms with Crippen LogP contribution in [0.15, 0.2) is 30.3 Å². The van der Waals surface area contributed by atoms with Crippen LogP contribution in [0.1, 0.15) is 25.8 Å². The zero-order valence-electron chi connectivity index (χ0n) is 9.61. The first-order valence-electron chi connectivity index (χ1n) is 5.60. The molecule has 2 heteroatoms. The summed E-state index contributed by atoms with van der Waals surface area (Å²) >= 11 is 0. The molecule has 0 radical (unpaired) electrons. The molecule has 0 aliphatic carbocycles. The van der Waals surface area contributed by atoms with Crippen LogP contribution in [0.4, 0.5) is 0 Å². The monoisotopic (exact) mass is 208 g/mol. The van der Waals surface area contributed by atoms with E-state index in [1.165, 1.54) is 5.56 Å². The largest absolute Gasteiger partial charge is 0.353 e. The first kappa shape index (κ1) is 12.2. The summed E-state index contributed by atoms with van der Waals surface area (Å²) in [5.41, 5.74) is 1.31. The highest BCUT2D eigenvalue weighted by Crippen LogP contribution is 2.01. The van der Waals surface area contributed by atoms with Crippen molar-refractivity contribution in [2.45, 2.75) is 33.0 Å². The third-order valence-electron chi connectivity index (χ3n) is 2.14. The Labute approximate surface area is 92.2 Å². The first-order valence-corrected chi connectivity index (χ1v) is 5.60. The molecule has 1 aromatic rings. The van der Waals surface area contributed by atoms with Gasteiger partial charge in [0, 0.05) is 6.61 Å². The molecule has 1 aromatic carbocycles. The Morgan fingerprint density at radius 1 is 1.07 bits per heavy atom. The van der Waals surface area contributed by atoms with Crippen LogP contribution in [0.3, 0.4) is 0 Å². The highest BCUT2D eigenvalue weighted by molar-refractivity contribution is 5.14. The van der Waals surface area contributed by atoms with Gasteiger partial charge >= 0.3 is 0 Å². The van der Waals surface area contributed by atoms with Gasteiger partial charge in [-0.1, -0.05) is 37.3 Å². The van der Waals surface area contributed by atoms with E-state index in [0.717, 1.165) is 26.1 Å². The van der Waals surface area contributed by atoms with Crippen LogP contribution in [0.2, 0.25) is 0 Å².